The first-order valence-electron chi connectivity index (χ1n) is 6.27. The van der Waals surface area contributed by atoms with Gasteiger partial charge in [0.25, 0.3) is 0 Å². The van der Waals surface area contributed by atoms with Crippen LogP contribution in [0, 0.1) is 17.0 Å². The molecule has 1 saturated carbocycles. The number of nitro groups is 1. The standard InChI is InChI=1S/C12H18N4O3/c1-3-19-10-5-8(13)11(10)15-12-9(16(17)18)4-7(2)6-14-12/h4,6,8,10-11H,3,5,13H2,1-2H3,(H,14,15). The summed E-state index contributed by atoms with van der Waals surface area (Å²) >= 11 is 0. The molecule has 0 saturated heterocycles. The lowest BCUT2D eigenvalue weighted by Crippen LogP contribution is -2.60. The van der Waals surface area contributed by atoms with E-state index in [1.807, 2.05) is 6.92 Å². The lowest BCUT2D eigenvalue weighted by molar-refractivity contribution is -0.384. The average Bonchev–Trinajstić information content (AvgIpc) is 2.36. The highest BCUT2D eigenvalue weighted by molar-refractivity contribution is 5.57. The SMILES string of the molecule is CCOC1CC(N)C1Nc1ncc(C)cc1[N+](=O)[O-]. The lowest BCUT2D eigenvalue weighted by Gasteiger charge is -2.42. The zero-order valence-corrected chi connectivity index (χ0v) is 11.0. The van der Waals surface area contributed by atoms with Gasteiger partial charge in [0, 0.05) is 24.9 Å². The topological polar surface area (TPSA) is 103 Å². The van der Waals surface area contributed by atoms with Gasteiger partial charge >= 0.3 is 5.69 Å². The Hall–Kier alpha value is -1.73. The zero-order chi connectivity index (χ0) is 14.0. The second kappa shape index (κ2) is 5.50. The van der Waals surface area contributed by atoms with Crippen molar-refractivity contribution >= 4 is 11.5 Å². The van der Waals surface area contributed by atoms with Gasteiger partial charge in [0.15, 0.2) is 0 Å². The Morgan fingerprint density at radius 2 is 2.42 bits per heavy atom. The summed E-state index contributed by atoms with van der Waals surface area (Å²) < 4.78 is 5.52. The summed E-state index contributed by atoms with van der Waals surface area (Å²) in [6, 6.07) is 1.29. The fourth-order valence-corrected chi connectivity index (χ4v) is 2.19. The van der Waals surface area contributed by atoms with Gasteiger partial charge in [-0.1, -0.05) is 0 Å². The largest absolute Gasteiger partial charge is 0.376 e. The number of nitrogens with zero attached hydrogens (tertiary/aromatic N) is 2. The van der Waals surface area contributed by atoms with E-state index in [-0.39, 0.29) is 29.7 Å². The molecule has 3 unspecified atom stereocenters. The van der Waals surface area contributed by atoms with Crippen LogP contribution in [0.2, 0.25) is 0 Å². The van der Waals surface area contributed by atoms with E-state index in [9.17, 15) is 10.1 Å². The molecule has 1 heterocycles. The van der Waals surface area contributed by atoms with Gasteiger partial charge in [0.1, 0.15) is 0 Å². The van der Waals surface area contributed by atoms with Crippen molar-refractivity contribution in [2.45, 2.75) is 38.5 Å². The smallest absolute Gasteiger partial charge is 0.311 e. The van der Waals surface area contributed by atoms with Crippen molar-refractivity contribution in [2.75, 3.05) is 11.9 Å². The molecule has 3 N–H and O–H groups in total. The Morgan fingerprint density at radius 3 is 3.00 bits per heavy atom. The highest BCUT2D eigenvalue weighted by Gasteiger charge is 2.40. The molecule has 2 rings (SSSR count). The van der Waals surface area contributed by atoms with Gasteiger partial charge in [-0.3, -0.25) is 10.1 Å². The van der Waals surface area contributed by atoms with E-state index in [2.05, 4.69) is 10.3 Å². The van der Waals surface area contributed by atoms with Crippen LogP contribution in [-0.4, -0.2) is 34.7 Å². The van der Waals surface area contributed by atoms with Crippen molar-refractivity contribution in [2.24, 2.45) is 5.73 Å². The van der Waals surface area contributed by atoms with Crippen molar-refractivity contribution in [3.8, 4) is 0 Å². The maximum atomic E-state index is 11.0. The molecule has 0 aromatic carbocycles. The van der Waals surface area contributed by atoms with Crippen LogP contribution in [0.15, 0.2) is 12.3 Å². The van der Waals surface area contributed by atoms with Gasteiger partial charge < -0.3 is 15.8 Å². The van der Waals surface area contributed by atoms with E-state index < -0.39 is 4.92 Å². The van der Waals surface area contributed by atoms with Crippen LogP contribution in [0.25, 0.3) is 0 Å². The van der Waals surface area contributed by atoms with Crippen molar-refractivity contribution in [1.29, 1.82) is 0 Å². The predicted molar refractivity (Wildman–Crippen MR) is 71.0 cm³/mol. The second-order valence-electron chi connectivity index (χ2n) is 4.70. The summed E-state index contributed by atoms with van der Waals surface area (Å²) in [6.45, 7) is 4.27. The van der Waals surface area contributed by atoms with E-state index in [0.29, 0.717) is 6.61 Å². The Bertz CT molecular complexity index is 478. The van der Waals surface area contributed by atoms with Gasteiger partial charge in [-0.15, -0.1) is 0 Å². The molecule has 1 aromatic rings. The third kappa shape index (κ3) is 2.82. The van der Waals surface area contributed by atoms with E-state index in [1.54, 1.807) is 13.1 Å². The molecule has 0 radical (unpaired) electrons. The first-order valence-corrected chi connectivity index (χ1v) is 6.27. The average molecular weight is 266 g/mol. The van der Waals surface area contributed by atoms with Gasteiger partial charge in [-0.05, 0) is 25.8 Å². The summed E-state index contributed by atoms with van der Waals surface area (Å²) in [5.74, 6) is 0.250. The summed E-state index contributed by atoms with van der Waals surface area (Å²) in [5.41, 5.74) is 6.62. The number of hydrogen-bond acceptors (Lipinski definition) is 6. The number of nitrogens with one attached hydrogen (secondary N) is 1. The van der Waals surface area contributed by atoms with Crippen molar-refractivity contribution in [3.63, 3.8) is 0 Å². The number of rotatable bonds is 5. The first kappa shape index (κ1) is 13.7. The number of ether oxygens (including phenoxy) is 1. The summed E-state index contributed by atoms with van der Waals surface area (Å²) in [4.78, 5) is 14.7. The zero-order valence-electron chi connectivity index (χ0n) is 11.0. The number of pyridine rings is 1. The van der Waals surface area contributed by atoms with Crippen LogP contribution < -0.4 is 11.1 Å². The van der Waals surface area contributed by atoms with Crippen LogP contribution in [0.5, 0.6) is 0 Å². The van der Waals surface area contributed by atoms with Crippen LogP contribution in [0.3, 0.4) is 0 Å². The van der Waals surface area contributed by atoms with E-state index in [1.165, 1.54) is 6.07 Å². The Labute approximate surface area is 111 Å². The number of aryl methyl sites for hydroxylation is 1. The molecule has 1 aliphatic carbocycles. The predicted octanol–water partition coefficient (Wildman–Crippen LogP) is 1.21. The molecule has 0 bridgehead atoms. The number of nitrogens with two attached hydrogens (primary N) is 1. The summed E-state index contributed by atoms with van der Waals surface area (Å²) in [7, 11) is 0. The van der Waals surface area contributed by atoms with Gasteiger partial charge in [-0.25, -0.2) is 4.98 Å². The molecular formula is C12H18N4O3. The van der Waals surface area contributed by atoms with Crippen LogP contribution in [0.4, 0.5) is 11.5 Å². The van der Waals surface area contributed by atoms with Gasteiger partial charge in [0.2, 0.25) is 5.82 Å². The third-order valence-corrected chi connectivity index (χ3v) is 3.25. The minimum atomic E-state index is -0.442. The van der Waals surface area contributed by atoms with Crippen LogP contribution in [-0.2, 0) is 4.74 Å². The Morgan fingerprint density at radius 1 is 1.68 bits per heavy atom. The molecule has 1 fully saturated rings. The fourth-order valence-electron chi connectivity index (χ4n) is 2.19. The van der Waals surface area contributed by atoms with Crippen molar-refractivity contribution in [3.05, 3.63) is 27.9 Å². The van der Waals surface area contributed by atoms with E-state index in [4.69, 9.17) is 10.5 Å². The molecule has 104 valence electrons. The van der Waals surface area contributed by atoms with Crippen LogP contribution in [0.1, 0.15) is 18.9 Å². The lowest BCUT2D eigenvalue weighted by atomic mass is 9.83. The molecule has 0 spiro atoms. The maximum Gasteiger partial charge on any atom is 0.311 e. The second-order valence-corrected chi connectivity index (χ2v) is 4.70. The molecule has 7 nitrogen and oxygen atoms in total. The van der Waals surface area contributed by atoms with E-state index >= 15 is 0 Å². The number of hydrogen-bond donors (Lipinski definition) is 2. The highest BCUT2D eigenvalue weighted by atomic mass is 16.6. The molecule has 7 heteroatoms. The fraction of sp³-hybridized carbons (Fsp3) is 0.583. The Balaban J connectivity index is 2.16. The molecule has 1 aliphatic rings. The maximum absolute atomic E-state index is 11.0. The summed E-state index contributed by atoms with van der Waals surface area (Å²) in [5, 5.41) is 14.1. The quantitative estimate of drug-likeness (QED) is 0.613. The number of anilines is 1. The van der Waals surface area contributed by atoms with E-state index in [0.717, 1.165) is 12.0 Å². The number of aromatic nitrogens is 1. The first-order chi connectivity index (χ1) is 9.02. The van der Waals surface area contributed by atoms with Crippen molar-refractivity contribution in [1.82, 2.24) is 4.98 Å². The third-order valence-electron chi connectivity index (χ3n) is 3.25. The minimum Gasteiger partial charge on any atom is -0.376 e. The molecule has 3 atom stereocenters. The Kier molecular flexibility index (Phi) is 3.96. The van der Waals surface area contributed by atoms with Gasteiger partial charge in [-0.2, -0.15) is 0 Å². The summed E-state index contributed by atoms with van der Waals surface area (Å²) in [6.07, 6.45) is 2.34. The van der Waals surface area contributed by atoms with Crippen LogP contribution >= 0.6 is 0 Å². The van der Waals surface area contributed by atoms with Crippen molar-refractivity contribution < 1.29 is 9.66 Å². The normalized spacial score (nSPS) is 25.7. The molecule has 0 amide bonds. The monoisotopic (exact) mass is 266 g/mol. The highest BCUT2D eigenvalue weighted by Crippen LogP contribution is 2.29. The molecule has 0 aliphatic heterocycles. The van der Waals surface area contributed by atoms with Gasteiger partial charge in [0.05, 0.1) is 17.1 Å². The molecule has 19 heavy (non-hydrogen) atoms. The minimum absolute atomic E-state index is 0.0114. The molecular weight excluding hydrogens is 248 g/mol. The molecule has 1 aromatic heterocycles.